The van der Waals surface area contributed by atoms with Crippen molar-refractivity contribution in [2.75, 3.05) is 6.54 Å². The first-order valence-electron chi connectivity index (χ1n) is 4.30. The Bertz CT molecular complexity index is 149. The third-order valence-electron chi connectivity index (χ3n) is 1.66. The van der Waals surface area contributed by atoms with Gasteiger partial charge in [-0.2, -0.15) is 0 Å². The van der Waals surface area contributed by atoms with Crippen LogP contribution in [0.3, 0.4) is 0 Å². The maximum atomic E-state index is 10.6. The van der Waals surface area contributed by atoms with Gasteiger partial charge in [-0.25, -0.2) is 5.06 Å². The van der Waals surface area contributed by atoms with Crippen LogP contribution in [0.5, 0.6) is 0 Å². The molecule has 3 heteroatoms. The van der Waals surface area contributed by atoms with Gasteiger partial charge in [-0.15, -0.1) is 0 Å². The third kappa shape index (κ3) is 6.16. The summed E-state index contributed by atoms with van der Waals surface area (Å²) in [6, 6.07) is 0. The Labute approximate surface area is 74.3 Å². The number of hydroxylamine groups is 2. The highest BCUT2D eigenvalue weighted by atomic mass is 16.5. The number of carbonyl (C=O) groups is 1. The molecule has 0 aromatic rings. The molecule has 0 unspecified atom stereocenters. The fraction of sp³-hybridized carbons (Fsp3) is 0.889. The Hall–Kier alpha value is -0.570. The van der Waals surface area contributed by atoms with E-state index in [0.717, 1.165) is 17.9 Å². The number of rotatable bonds is 3. The fourth-order valence-corrected chi connectivity index (χ4v) is 0.917. The van der Waals surface area contributed by atoms with Crippen LogP contribution >= 0.6 is 0 Å². The topological polar surface area (TPSA) is 40.5 Å². The fourth-order valence-electron chi connectivity index (χ4n) is 0.917. The summed E-state index contributed by atoms with van der Waals surface area (Å²) in [5.74, 6) is -0.288. The summed E-state index contributed by atoms with van der Waals surface area (Å²) in [6.45, 7) is 8.22. The minimum atomic E-state index is -0.288. The zero-order valence-electron chi connectivity index (χ0n) is 8.42. The van der Waals surface area contributed by atoms with Gasteiger partial charge in [-0.1, -0.05) is 20.8 Å². The molecular weight excluding hydrogens is 154 g/mol. The molecule has 0 atom stereocenters. The molecule has 0 saturated heterocycles. The zero-order chi connectivity index (χ0) is 9.78. The molecule has 0 bridgehead atoms. The maximum absolute atomic E-state index is 10.6. The van der Waals surface area contributed by atoms with Gasteiger partial charge in [0.15, 0.2) is 0 Å². The van der Waals surface area contributed by atoms with Crippen LogP contribution in [-0.4, -0.2) is 22.7 Å². The van der Waals surface area contributed by atoms with Crippen molar-refractivity contribution in [3.05, 3.63) is 0 Å². The lowest BCUT2D eigenvalue weighted by Crippen LogP contribution is -2.26. The number of nitrogens with zero attached hydrogens (tertiary/aromatic N) is 1. The molecule has 1 N–H and O–H groups in total. The van der Waals surface area contributed by atoms with E-state index in [1.165, 1.54) is 6.92 Å². The van der Waals surface area contributed by atoms with Gasteiger partial charge < -0.3 is 0 Å². The number of hydrogen-bond acceptors (Lipinski definition) is 2. The van der Waals surface area contributed by atoms with Crippen molar-refractivity contribution in [3.8, 4) is 0 Å². The Morgan fingerprint density at radius 1 is 1.42 bits per heavy atom. The molecular formula is C9H19NO2. The van der Waals surface area contributed by atoms with Gasteiger partial charge in [-0.3, -0.25) is 10.0 Å². The van der Waals surface area contributed by atoms with E-state index in [0.29, 0.717) is 6.54 Å². The van der Waals surface area contributed by atoms with Gasteiger partial charge in [0, 0.05) is 13.5 Å². The van der Waals surface area contributed by atoms with Crippen LogP contribution in [0.25, 0.3) is 0 Å². The quantitative estimate of drug-likeness (QED) is 0.524. The van der Waals surface area contributed by atoms with Gasteiger partial charge in [0.05, 0.1) is 0 Å². The van der Waals surface area contributed by atoms with E-state index >= 15 is 0 Å². The second kappa shape index (κ2) is 4.45. The molecule has 0 aromatic carbocycles. The molecule has 0 radical (unpaired) electrons. The van der Waals surface area contributed by atoms with E-state index in [4.69, 9.17) is 5.21 Å². The largest absolute Gasteiger partial charge is 0.286 e. The molecule has 0 spiro atoms. The molecule has 12 heavy (non-hydrogen) atoms. The lowest BCUT2D eigenvalue weighted by molar-refractivity contribution is -0.163. The van der Waals surface area contributed by atoms with Crippen molar-refractivity contribution in [2.45, 2.75) is 40.5 Å². The van der Waals surface area contributed by atoms with E-state index in [2.05, 4.69) is 20.8 Å². The molecule has 0 saturated carbocycles. The van der Waals surface area contributed by atoms with Crippen LogP contribution < -0.4 is 0 Å². The van der Waals surface area contributed by atoms with Gasteiger partial charge in [0.25, 0.3) is 0 Å². The number of amides is 1. The normalized spacial score (nSPS) is 11.4. The first-order chi connectivity index (χ1) is 5.33. The van der Waals surface area contributed by atoms with Crippen molar-refractivity contribution in [1.82, 2.24) is 5.06 Å². The second-order valence-electron chi connectivity index (χ2n) is 4.31. The molecule has 72 valence electrons. The lowest BCUT2D eigenvalue weighted by Gasteiger charge is -2.19. The van der Waals surface area contributed by atoms with E-state index < -0.39 is 0 Å². The van der Waals surface area contributed by atoms with Gasteiger partial charge >= 0.3 is 0 Å². The predicted octanol–water partition coefficient (Wildman–Crippen LogP) is 2.05. The maximum Gasteiger partial charge on any atom is 0.242 e. The summed E-state index contributed by atoms with van der Waals surface area (Å²) in [4.78, 5) is 10.6. The zero-order valence-corrected chi connectivity index (χ0v) is 8.42. The molecule has 0 aliphatic carbocycles. The first kappa shape index (κ1) is 11.4. The molecule has 0 aliphatic heterocycles. The Kier molecular flexibility index (Phi) is 4.24. The Balaban J connectivity index is 3.51. The summed E-state index contributed by atoms with van der Waals surface area (Å²) >= 11 is 0. The molecule has 0 aliphatic rings. The van der Waals surface area contributed by atoms with Crippen molar-refractivity contribution in [2.24, 2.45) is 5.41 Å². The van der Waals surface area contributed by atoms with Crippen LogP contribution in [0.4, 0.5) is 0 Å². The van der Waals surface area contributed by atoms with E-state index in [1.807, 2.05) is 0 Å². The van der Waals surface area contributed by atoms with Gasteiger partial charge in [-0.05, 0) is 18.3 Å². The second-order valence-corrected chi connectivity index (χ2v) is 4.31. The summed E-state index contributed by atoms with van der Waals surface area (Å²) < 4.78 is 0. The molecule has 0 aromatic heterocycles. The van der Waals surface area contributed by atoms with Crippen molar-refractivity contribution in [3.63, 3.8) is 0 Å². The Morgan fingerprint density at radius 2 is 1.92 bits per heavy atom. The third-order valence-corrected chi connectivity index (χ3v) is 1.66. The van der Waals surface area contributed by atoms with Gasteiger partial charge in [0.1, 0.15) is 0 Å². The SMILES string of the molecule is CC(=O)N(O)CCCC(C)(C)C. The van der Waals surface area contributed by atoms with Crippen molar-refractivity contribution >= 4 is 5.91 Å². The molecule has 1 amide bonds. The van der Waals surface area contributed by atoms with Crippen molar-refractivity contribution < 1.29 is 10.0 Å². The van der Waals surface area contributed by atoms with Crippen LogP contribution in [0.2, 0.25) is 0 Å². The highest BCUT2D eigenvalue weighted by Gasteiger charge is 2.11. The average molecular weight is 173 g/mol. The van der Waals surface area contributed by atoms with Crippen molar-refractivity contribution in [1.29, 1.82) is 0 Å². The van der Waals surface area contributed by atoms with Crippen LogP contribution in [0, 0.1) is 5.41 Å². The summed E-state index contributed by atoms with van der Waals surface area (Å²) in [5.41, 5.74) is 0.275. The average Bonchev–Trinajstić information content (AvgIpc) is 1.84. The summed E-state index contributed by atoms with van der Waals surface area (Å²) in [6.07, 6.45) is 1.86. The van der Waals surface area contributed by atoms with Crippen LogP contribution in [0.15, 0.2) is 0 Å². The first-order valence-corrected chi connectivity index (χ1v) is 4.30. The van der Waals surface area contributed by atoms with Crippen LogP contribution in [-0.2, 0) is 4.79 Å². The van der Waals surface area contributed by atoms with E-state index in [-0.39, 0.29) is 11.3 Å². The highest BCUT2D eigenvalue weighted by molar-refractivity contribution is 5.71. The Morgan fingerprint density at radius 3 is 2.25 bits per heavy atom. The standard InChI is InChI=1S/C9H19NO2/c1-8(11)10(12)7-5-6-9(2,3)4/h12H,5-7H2,1-4H3. The predicted molar refractivity (Wildman–Crippen MR) is 47.9 cm³/mol. The molecule has 0 fully saturated rings. The highest BCUT2D eigenvalue weighted by Crippen LogP contribution is 2.20. The molecule has 0 heterocycles. The minimum Gasteiger partial charge on any atom is -0.286 e. The van der Waals surface area contributed by atoms with E-state index in [9.17, 15) is 4.79 Å². The molecule has 3 nitrogen and oxygen atoms in total. The monoisotopic (exact) mass is 173 g/mol. The smallest absolute Gasteiger partial charge is 0.242 e. The van der Waals surface area contributed by atoms with E-state index in [1.54, 1.807) is 0 Å². The summed E-state index contributed by atoms with van der Waals surface area (Å²) in [7, 11) is 0. The van der Waals surface area contributed by atoms with Gasteiger partial charge in [0.2, 0.25) is 5.91 Å². The number of hydrogen-bond donors (Lipinski definition) is 1. The summed E-state index contributed by atoms with van der Waals surface area (Å²) in [5, 5.41) is 9.78. The van der Waals surface area contributed by atoms with Crippen LogP contribution in [0.1, 0.15) is 40.5 Å². The lowest BCUT2D eigenvalue weighted by atomic mass is 9.91. The number of carbonyl (C=O) groups excluding carboxylic acids is 1. The molecule has 0 rings (SSSR count). The minimum absolute atomic E-state index is 0.275.